The lowest BCUT2D eigenvalue weighted by molar-refractivity contribution is 0.0996. The second kappa shape index (κ2) is 8.82. The highest BCUT2D eigenvalue weighted by Gasteiger charge is 2.14. The number of amides is 1. The van der Waals surface area contributed by atoms with Crippen LogP contribution in [0.2, 0.25) is 0 Å². The van der Waals surface area contributed by atoms with Crippen LogP contribution in [0.4, 0.5) is 0 Å². The molecule has 1 unspecified atom stereocenters. The van der Waals surface area contributed by atoms with E-state index in [1.807, 2.05) is 42.5 Å². The van der Waals surface area contributed by atoms with Gasteiger partial charge in [-0.2, -0.15) is 5.26 Å². The van der Waals surface area contributed by atoms with Crippen molar-refractivity contribution in [3.8, 4) is 22.9 Å². The minimum atomic E-state index is -0.574. The van der Waals surface area contributed by atoms with Gasteiger partial charge in [-0.1, -0.05) is 31.2 Å². The number of aromatic nitrogens is 3. The molecule has 0 spiro atoms. The topological polar surface area (TPSA) is 115 Å². The largest absolute Gasteiger partial charge is 0.497 e. The van der Waals surface area contributed by atoms with Gasteiger partial charge in [0.05, 0.1) is 12.6 Å². The number of primary amides is 1. The molecular formula is C25H21N5O2. The lowest BCUT2D eigenvalue weighted by Crippen LogP contribution is -2.13. The normalized spacial score (nSPS) is 11.7. The number of hydrogen-bond donors (Lipinski definition) is 1. The number of rotatable bonds is 6. The van der Waals surface area contributed by atoms with E-state index in [0.717, 1.165) is 33.4 Å². The molecule has 4 aromatic rings. The van der Waals surface area contributed by atoms with Gasteiger partial charge in [0.25, 0.3) is 5.91 Å². The molecule has 158 valence electrons. The zero-order valence-electron chi connectivity index (χ0n) is 17.7. The maximum absolute atomic E-state index is 11.9. The summed E-state index contributed by atoms with van der Waals surface area (Å²) in [5, 5.41) is 9.79. The van der Waals surface area contributed by atoms with E-state index in [2.05, 4.69) is 27.9 Å². The molecule has 0 aliphatic rings. The number of nitrogens with two attached hydrogens (primary N) is 1. The van der Waals surface area contributed by atoms with Gasteiger partial charge in [-0.05, 0) is 58.9 Å². The molecule has 0 bridgehead atoms. The van der Waals surface area contributed by atoms with Crippen molar-refractivity contribution in [2.75, 3.05) is 7.11 Å². The molecule has 4 rings (SSSR count). The number of nitriles is 1. The number of ether oxygens (including phenoxy) is 1. The molecule has 0 saturated heterocycles. The van der Waals surface area contributed by atoms with Crippen LogP contribution in [-0.4, -0.2) is 28.0 Å². The second-order valence-electron chi connectivity index (χ2n) is 7.56. The van der Waals surface area contributed by atoms with Gasteiger partial charge in [0.1, 0.15) is 17.5 Å². The SMILES string of the molecule is COc1ccc(-c2cc(C(N)=O)nc3cc(C(C)Cc4cnc(C#N)nc4)ccc23)cc1. The molecule has 7 nitrogen and oxygen atoms in total. The molecule has 0 fully saturated rings. The fourth-order valence-electron chi connectivity index (χ4n) is 3.68. The molecular weight excluding hydrogens is 402 g/mol. The highest BCUT2D eigenvalue weighted by atomic mass is 16.5. The quantitative estimate of drug-likeness (QED) is 0.501. The van der Waals surface area contributed by atoms with E-state index >= 15 is 0 Å². The van der Waals surface area contributed by atoms with Gasteiger partial charge < -0.3 is 10.5 Å². The fraction of sp³-hybridized carbons (Fsp3) is 0.160. The van der Waals surface area contributed by atoms with Gasteiger partial charge in [0.2, 0.25) is 5.82 Å². The van der Waals surface area contributed by atoms with E-state index in [9.17, 15) is 4.79 Å². The number of hydrogen-bond acceptors (Lipinski definition) is 6. The Morgan fingerprint density at radius 3 is 2.47 bits per heavy atom. The van der Waals surface area contributed by atoms with Crippen molar-refractivity contribution in [2.45, 2.75) is 19.3 Å². The summed E-state index contributed by atoms with van der Waals surface area (Å²) >= 11 is 0. The molecule has 0 aliphatic carbocycles. The average Bonchev–Trinajstić information content (AvgIpc) is 2.83. The van der Waals surface area contributed by atoms with E-state index < -0.39 is 5.91 Å². The van der Waals surface area contributed by atoms with Crippen molar-refractivity contribution in [1.82, 2.24) is 15.0 Å². The number of nitrogens with zero attached hydrogens (tertiary/aromatic N) is 4. The summed E-state index contributed by atoms with van der Waals surface area (Å²) in [5.41, 5.74) is 10.3. The molecule has 32 heavy (non-hydrogen) atoms. The van der Waals surface area contributed by atoms with Crippen molar-refractivity contribution in [3.05, 3.63) is 83.6 Å². The first-order chi connectivity index (χ1) is 15.5. The Morgan fingerprint density at radius 1 is 1.12 bits per heavy atom. The van der Waals surface area contributed by atoms with Crippen LogP contribution in [0.5, 0.6) is 5.75 Å². The molecule has 7 heteroatoms. The van der Waals surface area contributed by atoms with Crippen LogP contribution in [0.1, 0.15) is 40.3 Å². The van der Waals surface area contributed by atoms with E-state index in [1.54, 1.807) is 25.6 Å². The number of methoxy groups -OCH3 is 1. The van der Waals surface area contributed by atoms with E-state index in [4.69, 9.17) is 15.7 Å². The molecule has 2 heterocycles. The fourth-order valence-corrected chi connectivity index (χ4v) is 3.68. The number of carbonyl (C=O) groups excluding carboxylic acids is 1. The van der Waals surface area contributed by atoms with E-state index in [-0.39, 0.29) is 17.4 Å². The van der Waals surface area contributed by atoms with Gasteiger partial charge in [0.15, 0.2) is 0 Å². The third kappa shape index (κ3) is 4.25. The predicted octanol–water partition coefficient (Wildman–Crippen LogP) is 4.02. The lowest BCUT2D eigenvalue weighted by atomic mass is 9.92. The molecule has 0 radical (unpaired) electrons. The van der Waals surface area contributed by atoms with Gasteiger partial charge in [-0.25, -0.2) is 15.0 Å². The molecule has 1 amide bonds. The Balaban J connectivity index is 1.73. The van der Waals surface area contributed by atoms with E-state index in [0.29, 0.717) is 11.9 Å². The van der Waals surface area contributed by atoms with Crippen molar-refractivity contribution in [2.24, 2.45) is 5.73 Å². The molecule has 2 N–H and O–H groups in total. The van der Waals surface area contributed by atoms with E-state index in [1.165, 1.54) is 0 Å². The summed E-state index contributed by atoms with van der Waals surface area (Å²) in [6, 6.07) is 17.4. The van der Waals surface area contributed by atoms with Crippen LogP contribution in [-0.2, 0) is 6.42 Å². The summed E-state index contributed by atoms with van der Waals surface area (Å²) in [4.78, 5) is 24.5. The van der Waals surface area contributed by atoms with Crippen LogP contribution >= 0.6 is 0 Å². The van der Waals surface area contributed by atoms with Gasteiger partial charge in [-0.3, -0.25) is 4.79 Å². The van der Waals surface area contributed by atoms with Crippen molar-refractivity contribution < 1.29 is 9.53 Å². The first kappa shape index (κ1) is 20.9. The van der Waals surface area contributed by atoms with Crippen LogP contribution in [0.3, 0.4) is 0 Å². The second-order valence-corrected chi connectivity index (χ2v) is 7.56. The maximum Gasteiger partial charge on any atom is 0.267 e. The minimum absolute atomic E-state index is 0.152. The smallest absolute Gasteiger partial charge is 0.267 e. The van der Waals surface area contributed by atoms with Crippen LogP contribution in [0.25, 0.3) is 22.0 Å². The summed E-state index contributed by atoms with van der Waals surface area (Å²) in [6.07, 6.45) is 4.06. The summed E-state index contributed by atoms with van der Waals surface area (Å²) in [7, 11) is 1.62. The number of benzene rings is 2. The lowest BCUT2D eigenvalue weighted by Gasteiger charge is -2.15. The molecule has 0 saturated carbocycles. The summed E-state index contributed by atoms with van der Waals surface area (Å²) in [6.45, 7) is 2.10. The third-order valence-corrected chi connectivity index (χ3v) is 5.40. The average molecular weight is 423 g/mol. The summed E-state index contributed by atoms with van der Waals surface area (Å²) < 4.78 is 5.25. The number of carbonyl (C=O) groups is 1. The number of fused-ring (bicyclic) bond motifs is 1. The monoisotopic (exact) mass is 423 g/mol. The standard InChI is InChI=1S/C25H21N5O2/c1-15(9-16-13-28-24(12-26)29-14-16)18-5-8-20-21(17-3-6-19(32-2)7-4-17)11-23(25(27)31)30-22(20)10-18/h3-8,10-11,13-15H,9H2,1-2H3,(H2,27,31). The Bertz CT molecular complexity index is 1330. The van der Waals surface area contributed by atoms with Gasteiger partial charge in [-0.15, -0.1) is 0 Å². The molecule has 1 atom stereocenters. The number of pyridine rings is 1. The maximum atomic E-state index is 11.9. The molecule has 0 aliphatic heterocycles. The summed E-state index contributed by atoms with van der Waals surface area (Å²) in [5.74, 6) is 0.487. The highest BCUT2D eigenvalue weighted by molar-refractivity contribution is 6.01. The molecule has 2 aromatic heterocycles. The minimum Gasteiger partial charge on any atom is -0.497 e. The van der Waals surface area contributed by atoms with Crippen LogP contribution < -0.4 is 10.5 Å². The molecule has 2 aromatic carbocycles. The van der Waals surface area contributed by atoms with Crippen molar-refractivity contribution in [1.29, 1.82) is 5.26 Å². The Labute approximate surface area is 185 Å². The van der Waals surface area contributed by atoms with Crippen LogP contribution in [0, 0.1) is 11.3 Å². The Hall–Kier alpha value is -4.31. The Kier molecular flexibility index (Phi) is 5.77. The highest BCUT2D eigenvalue weighted by Crippen LogP contribution is 2.32. The first-order valence-corrected chi connectivity index (χ1v) is 10.1. The predicted molar refractivity (Wildman–Crippen MR) is 121 cm³/mol. The van der Waals surface area contributed by atoms with Gasteiger partial charge in [0, 0.05) is 17.8 Å². The van der Waals surface area contributed by atoms with Crippen molar-refractivity contribution in [3.63, 3.8) is 0 Å². The van der Waals surface area contributed by atoms with Crippen molar-refractivity contribution >= 4 is 16.8 Å². The first-order valence-electron chi connectivity index (χ1n) is 10.1. The zero-order chi connectivity index (χ0) is 22.7. The Morgan fingerprint density at radius 2 is 1.84 bits per heavy atom. The zero-order valence-corrected chi connectivity index (χ0v) is 17.7. The van der Waals surface area contributed by atoms with Gasteiger partial charge >= 0.3 is 0 Å². The third-order valence-electron chi connectivity index (χ3n) is 5.40. The van der Waals surface area contributed by atoms with Crippen LogP contribution in [0.15, 0.2) is 60.9 Å².